The Bertz CT molecular complexity index is 1520. The smallest absolute Gasteiger partial charge is 0.343 e. The van der Waals surface area contributed by atoms with Gasteiger partial charge in [0.2, 0.25) is 0 Å². The van der Waals surface area contributed by atoms with E-state index >= 15 is 0 Å². The van der Waals surface area contributed by atoms with Crippen LogP contribution in [0.2, 0.25) is 0 Å². The summed E-state index contributed by atoms with van der Waals surface area (Å²) in [6, 6.07) is 15.5. The molecule has 39 heavy (non-hydrogen) atoms. The normalized spacial score (nSPS) is 10.1. The second kappa shape index (κ2) is 12.7. The van der Waals surface area contributed by atoms with E-state index in [1.54, 1.807) is 36.7 Å². The number of nitro benzene ring substituents is 2. The lowest BCUT2D eigenvalue weighted by atomic mass is 10.1. The number of phenols is 1. The summed E-state index contributed by atoms with van der Waals surface area (Å²) in [6.45, 7) is 3.35. The highest BCUT2D eigenvalue weighted by molar-refractivity contribution is 5.72. The van der Waals surface area contributed by atoms with Crippen LogP contribution >= 0.6 is 0 Å². The number of carbonyl (C=O) groups is 1. The first kappa shape index (κ1) is 28.2. The van der Waals surface area contributed by atoms with E-state index in [2.05, 4.69) is 14.7 Å². The minimum Gasteiger partial charge on any atom is -0.508 e. The molecule has 0 atom stereocenters. The Kier molecular flexibility index (Phi) is 9.19. The number of carbonyl (C=O) groups excluding carboxylic acids is 1. The molecule has 0 fully saturated rings. The first-order valence-corrected chi connectivity index (χ1v) is 11.4. The molecule has 0 spiro atoms. The number of phenolic OH excluding ortho intramolecular Hbond substituents is 1. The van der Waals surface area contributed by atoms with Gasteiger partial charge in [-0.25, -0.2) is 4.79 Å². The van der Waals surface area contributed by atoms with Crippen molar-refractivity contribution in [3.05, 3.63) is 105 Å². The van der Waals surface area contributed by atoms with E-state index in [9.17, 15) is 30.1 Å². The molecule has 4 rings (SSSR count). The lowest BCUT2D eigenvalue weighted by Gasteiger charge is -2.08. The van der Waals surface area contributed by atoms with Gasteiger partial charge in [0.05, 0.1) is 29.1 Å². The van der Waals surface area contributed by atoms with E-state index in [4.69, 9.17) is 4.74 Å². The van der Waals surface area contributed by atoms with Gasteiger partial charge in [-0.15, -0.1) is 0 Å². The van der Waals surface area contributed by atoms with Crippen LogP contribution in [0.25, 0.3) is 22.3 Å². The minimum absolute atomic E-state index is 0.119. The van der Waals surface area contributed by atoms with Crippen LogP contribution in [-0.2, 0) is 9.53 Å². The van der Waals surface area contributed by atoms with E-state index in [1.165, 1.54) is 31.4 Å². The van der Waals surface area contributed by atoms with E-state index in [0.29, 0.717) is 11.1 Å². The second-order valence-corrected chi connectivity index (χ2v) is 8.20. The van der Waals surface area contributed by atoms with Gasteiger partial charge >= 0.3 is 5.97 Å². The third-order valence-corrected chi connectivity index (χ3v) is 5.26. The average molecular weight is 533 g/mol. The van der Waals surface area contributed by atoms with Gasteiger partial charge in [0.15, 0.2) is 6.61 Å². The molecule has 0 unspecified atom stereocenters. The molecule has 12 heteroatoms. The average Bonchev–Trinajstić information content (AvgIpc) is 2.91. The summed E-state index contributed by atoms with van der Waals surface area (Å²) in [5, 5.41) is 31.2. The summed E-state index contributed by atoms with van der Waals surface area (Å²) in [7, 11) is 1.24. The fourth-order valence-electron chi connectivity index (χ4n) is 3.46. The van der Waals surface area contributed by atoms with Crippen molar-refractivity contribution in [2.45, 2.75) is 13.8 Å². The highest BCUT2D eigenvalue weighted by Crippen LogP contribution is 2.30. The van der Waals surface area contributed by atoms with Gasteiger partial charge < -0.3 is 14.6 Å². The van der Waals surface area contributed by atoms with Gasteiger partial charge in [0.1, 0.15) is 11.5 Å². The Hall–Kier alpha value is -5.39. The number of aryl methyl sites for hydroxylation is 2. The third-order valence-electron chi connectivity index (χ3n) is 5.26. The molecular formula is C27H24N4O8. The SMILES string of the molecule is COC(=O)COc1cc(-c2ccnc(C)c2)cc([N+](=O)[O-])c1.Cc1cc(-c2cc(O)cc([N+](=O)[O-])c2)ccn1. The van der Waals surface area contributed by atoms with Crippen molar-refractivity contribution in [2.24, 2.45) is 0 Å². The molecule has 0 amide bonds. The number of pyridine rings is 2. The molecule has 0 bridgehead atoms. The zero-order valence-corrected chi connectivity index (χ0v) is 21.2. The Morgan fingerprint density at radius 1 is 0.795 bits per heavy atom. The number of benzene rings is 2. The molecule has 200 valence electrons. The maximum absolute atomic E-state index is 11.1. The fraction of sp³-hybridized carbons (Fsp3) is 0.148. The number of ether oxygens (including phenoxy) is 2. The summed E-state index contributed by atoms with van der Waals surface area (Å²) in [5.74, 6) is -0.458. The molecular weight excluding hydrogens is 508 g/mol. The summed E-state index contributed by atoms with van der Waals surface area (Å²) in [6.07, 6.45) is 3.25. The van der Waals surface area contributed by atoms with Crippen LogP contribution in [0.4, 0.5) is 11.4 Å². The Balaban J connectivity index is 0.000000223. The Morgan fingerprint density at radius 2 is 1.31 bits per heavy atom. The van der Waals surface area contributed by atoms with Crippen LogP contribution in [-0.4, -0.2) is 44.6 Å². The lowest BCUT2D eigenvalue weighted by molar-refractivity contribution is -0.385. The number of nitrogens with zero attached hydrogens (tertiary/aromatic N) is 4. The quantitative estimate of drug-likeness (QED) is 0.190. The van der Waals surface area contributed by atoms with E-state index in [-0.39, 0.29) is 29.5 Å². The van der Waals surface area contributed by atoms with Crippen molar-refractivity contribution in [2.75, 3.05) is 13.7 Å². The second-order valence-electron chi connectivity index (χ2n) is 8.20. The molecule has 2 aromatic heterocycles. The molecule has 0 saturated heterocycles. The summed E-state index contributed by atoms with van der Waals surface area (Å²) in [4.78, 5) is 39.9. The molecule has 0 aliphatic rings. The molecule has 1 N–H and O–H groups in total. The monoisotopic (exact) mass is 532 g/mol. The van der Waals surface area contributed by atoms with Crippen molar-refractivity contribution >= 4 is 17.3 Å². The van der Waals surface area contributed by atoms with Crippen molar-refractivity contribution in [1.29, 1.82) is 0 Å². The first-order chi connectivity index (χ1) is 18.5. The number of nitro groups is 2. The van der Waals surface area contributed by atoms with Crippen LogP contribution in [0.1, 0.15) is 11.4 Å². The van der Waals surface area contributed by atoms with Crippen LogP contribution in [0.3, 0.4) is 0 Å². The van der Waals surface area contributed by atoms with E-state index < -0.39 is 15.8 Å². The number of aromatic hydroxyl groups is 1. The number of hydrogen-bond acceptors (Lipinski definition) is 10. The number of non-ortho nitro benzene ring substituents is 2. The number of esters is 1. The van der Waals surface area contributed by atoms with Crippen LogP contribution in [0.15, 0.2) is 73.1 Å². The van der Waals surface area contributed by atoms with Crippen molar-refractivity contribution in [3.63, 3.8) is 0 Å². The van der Waals surface area contributed by atoms with Gasteiger partial charge in [0.25, 0.3) is 11.4 Å². The summed E-state index contributed by atoms with van der Waals surface area (Å²) in [5.41, 5.74) is 4.13. The molecule has 2 aromatic carbocycles. The molecule has 12 nitrogen and oxygen atoms in total. The topological polar surface area (TPSA) is 168 Å². The third kappa shape index (κ3) is 8.05. The number of aromatic nitrogens is 2. The largest absolute Gasteiger partial charge is 0.508 e. The van der Waals surface area contributed by atoms with Gasteiger partial charge in [-0.05, 0) is 72.5 Å². The van der Waals surface area contributed by atoms with E-state index in [1.807, 2.05) is 19.9 Å². The minimum atomic E-state index is -0.562. The predicted molar refractivity (Wildman–Crippen MR) is 141 cm³/mol. The lowest BCUT2D eigenvalue weighted by Crippen LogP contribution is -2.12. The summed E-state index contributed by atoms with van der Waals surface area (Å²) < 4.78 is 9.72. The van der Waals surface area contributed by atoms with Gasteiger partial charge in [-0.2, -0.15) is 0 Å². The molecule has 0 saturated carbocycles. The number of methoxy groups -OCH3 is 1. The zero-order chi connectivity index (χ0) is 28.5. The van der Waals surface area contributed by atoms with Gasteiger partial charge in [-0.3, -0.25) is 30.2 Å². The van der Waals surface area contributed by atoms with Crippen LogP contribution < -0.4 is 4.74 Å². The highest BCUT2D eigenvalue weighted by atomic mass is 16.6. The predicted octanol–water partition coefficient (Wildman–Crippen LogP) is 5.19. The zero-order valence-electron chi connectivity index (χ0n) is 21.2. The Labute approximate surface area is 222 Å². The Morgan fingerprint density at radius 3 is 1.79 bits per heavy atom. The first-order valence-electron chi connectivity index (χ1n) is 11.4. The summed E-state index contributed by atoms with van der Waals surface area (Å²) >= 11 is 0. The van der Waals surface area contributed by atoms with E-state index in [0.717, 1.165) is 28.6 Å². The number of rotatable bonds is 7. The van der Waals surface area contributed by atoms with Gasteiger partial charge in [0, 0.05) is 35.9 Å². The van der Waals surface area contributed by atoms with Crippen molar-refractivity contribution in [1.82, 2.24) is 9.97 Å². The van der Waals surface area contributed by atoms with Gasteiger partial charge in [-0.1, -0.05) is 0 Å². The molecule has 0 aliphatic carbocycles. The van der Waals surface area contributed by atoms with Crippen LogP contribution in [0, 0.1) is 34.1 Å². The van der Waals surface area contributed by atoms with Crippen molar-refractivity contribution < 1.29 is 29.2 Å². The molecule has 0 radical (unpaired) electrons. The fourth-order valence-corrected chi connectivity index (χ4v) is 3.46. The molecule has 2 heterocycles. The number of hydrogen-bond donors (Lipinski definition) is 1. The highest BCUT2D eigenvalue weighted by Gasteiger charge is 2.14. The van der Waals surface area contributed by atoms with Crippen molar-refractivity contribution in [3.8, 4) is 33.8 Å². The molecule has 4 aromatic rings. The standard InChI is InChI=1S/C15H14N2O5.C12H10N2O3/c1-10-5-11(3-4-16-10)12-6-13(17(19)20)8-14(7-12)22-9-15(18)21-2;1-8-4-9(2-3-13-8)10-5-11(14(16)17)7-12(15)6-10/h3-8H,9H2,1-2H3;2-7,15H,1H3. The molecule has 0 aliphatic heterocycles. The maximum atomic E-state index is 11.1. The van der Waals surface area contributed by atoms with Crippen LogP contribution in [0.5, 0.6) is 11.5 Å². The maximum Gasteiger partial charge on any atom is 0.343 e.